The van der Waals surface area contributed by atoms with E-state index in [0.717, 1.165) is 51.4 Å². The molecule has 0 radical (unpaired) electrons. The highest BCUT2D eigenvalue weighted by molar-refractivity contribution is 6.20. The van der Waals surface area contributed by atoms with Gasteiger partial charge >= 0.3 is 11.9 Å². The molecule has 8 heteroatoms. The highest BCUT2D eigenvalue weighted by Gasteiger charge is 2.28. The van der Waals surface area contributed by atoms with Crippen molar-refractivity contribution < 1.29 is 31.4 Å². The molecule has 0 amide bonds. The van der Waals surface area contributed by atoms with Gasteiger partial charge in [-0.05, 0) is 24.4 Å². The Bertz CT molecular complexity index is 231. The number of ether oxygens (including phenoxy) is 2. The second-order valence-electron chi connectivity index (χ2n) is 5.12. The van der Waals surface area contributed by atoms with E-state index in [2.05, 4.69) is 21.1 Å². The molecule has 0 bridgehead atoms. The lowest BCUT2D eigenvalue weighted by Gasteiger charge is -2.08. The Balaban J connectivity index is 3.09. The molecule has 0 atom stereocenters. The van der Waals surface area contributed by atoms with Gasteiger partial charge in [0.15, 0.2) is 0 Å². The van der Waals surface area contributed by atoms with Crippen molar-refractivity contribution in [2.24, 2.45) is 0 Å². The molecule has 22 heavy (non-hydrogen) atoms. The summed E-state index contributed by atoms with van der Waals surface area (Å²) in [5, 5.41) is 0. The van der Waals surface area contributed by atoms with E-state index < -0.39 is 11.9 Å². The Labute approximate surface area is 133 Å². The monoisotopic (exact) mass is 354 g/mol. The molecule has 0 aromatic carbocycles. The van der Waals surface area contributed by atoms with Crippen molar-refractivity contribution in [3.05, 3.63) is 0 Å². The van der Waals surface area contributed by atoms with Crippen molar-refractivity contribution in [3.8, 4) is 0 Å². The topological polar surface area (TPSA) is 18.5 Å². The number of hydrogen-bond acceptors (Lipinski definition) is 2. The van der Waals surface area contributed by atoms with Crippen LogP contribution in [0.1, 0.15) is 64.2 Å². The number of halogens is 6. The third-order valence-corrected chi connectivity index (χ3v) is 3.18. The lowest BCUT2D eigenvalue weighted by molar-refractivity contribution is -0.324. The molecular formula is C14H24ClF5O2. The fourth-order valence-corrected chi connectivity index (χ4v) is 2.07. The standard InChI is InChI=1S/C14H24ClF5O2/c15-13(16,17)21-11-9-7-5-3-1-2-4-6-8-10-12-22-14(18,19)20/h1-12H2. The average molecular weight is 355 g/mol. The lowest BCUT2D eigenvalue weighted by atomic mass is 10.1. The molecule has 0 saturated heterocycles. The molecule has 0 aliphatic carbocycles. The van der Waals surface area contributed by atoms with Crippen LogP contribution in [0.4, 0.5) is 22.0 Å². The summed E-state index contributed by atoms with van der Waals surface area (Å²) in [5.74, 6) is 0. The van der Waals surface area contributed by atoms with E-state index >= 15 is 0 Å². The maximum Gasteiger partial charge on any atom is 0.522 e. The van der Waals surface area contributed by atoms with Crippen LogP contribution in [-0.2, 0) is 9.47 Å². The van der Waals surface area contributed by atoms with Crippen molar-refractivity contribution in [2.75, 3.05) is 13.2 Å². The molecule has 0 aliphatic rings. The summed E-state index contributed by atoms with van der Waals surface area (Å²) in [6, 6.07) is 0. The van der Waals surface area contributed by atoms with E-state index in [9.17, 15) is 22.0 Å². The van der Waals surface area contributed by atoms with Gasteiger partial charge in [0.2, 0.25) is 0 Å². The van der Waals surface area contributed by atoms with E-state index in [0.29, 0.717) is 12.8 Å². The minimum absolute atomic E-state index is 0.0451. The van der Waals surface area contributed by atoms with E-state index in [-0.39, 0.29) is 13.2 Å². The molecule has 0 fully saturated rings. The maximum atomic E-state index is 12.1. The van der Waals surface area contributed by atoms with Crippen molar-refractivity contribution in [1.82, 2.24) is 0 Å². The SMILES string of the molecule is FC(F)(F)OCCCCCCCCCCCCOC(F)(F)Cl. The lowest BCUT2D eigenvalue weighted by Crippen LogP contribution is -2.13. The summed E-state index contributed by atoms with van der Waals surface area (Å²) >= 11 is 4.58. The fourth-order valence-electron chi connectivity index (χ4n) is 1.99. The smallest absolute Gasteiger partial charge is 0.307 e. The van der Waals surface area contributed by atoms with Crippen molar-refractivity contribution in [1.29, 1.82) is 0 Å². The van der Waals surface area contributed by atoms with Gasteiger partial charge in [-0.15, -0.1) is 13.2 Å². The van der Waals surface area contributed by atoms with Gasteiger partial charge in [-0.3, -0.25) is 4.74 Å². The normalized spacial score (nSPS) is 12.8. The van der Waals surface area contributed by atoms with Gasteiger partial charge in [-0.1, -0.05) is 51.4 Å². The Kier molecular flexibility index (Phi) is 12.2. The minimum Gasteiger partial charge on any atom is -0.307 e. The molecule has 0 aromatic heterocycles. The number of alkyl halides is 6. The average Bonchev–Trinajstić information content (AvgIpc) is 2.36. The third-order valence-electron chi connectivity index (χ3n) is 3.07. The van der Waals surface area contributed by atoms with Crippen LogP contribution in [0.2, 0.25) is 0 Å². The zero-order valence-electron chi connectivity index (χ0n) is 12.6. The molecule has 0 rings (SSSR count). The second-order valence-corrected chi connectivity index (χ2v) is 5.56. The summed E-state index contributed by atoms with van der Waals surface area (Å²) in [5.41, 5.74) is -3.56. The molecule has 134 valence electrons. The van der Waals surface area contributed by atoms with Gasteiger partial charge in [0, 0.05) is 0 Å². The van der Waals surface area contributed by atoms with E-state index in [1.165, 1.54) is 0 Å². The Morgan fingerprint density at radius 1 is 0.545 bits per heavy atom. The van der Waals surface area contributed by atoms with E-state index in [1.54, 1.807) is 0 Å². The van der Waals surface area contributed by atoms with Crippen LogP contribution < -0.4 is 0 Å². The molecule has 0 unspecified atom stereocenters. The predicted molar refractivity (Wildman–Crippen MR) is 74.9 cm³/mol. The molecule has 0 N–H and O–H groups in total. The Morgan fingerprint density at radius 2 is 0.864 bits per heavy atom. The first-order chi connectivity index (χ1) is 10.2. The minimum atomic E-state index is -4.52. The third kappa shape index (κ3) is 19.9. The highest BCUT2D eigenvalue weighted by Crippen LogP contribution is 2.20. The fraction of sp³-hybridized carbons (Fsp3) is 1.00. The van der Waals surface area contributed by atoms with Crippen LogP contribution in [0.3, 0.4) is 0 Å². The van der Waals surface area contributed by atoms with Crippen LogP contribution in [0, 0.1) is 0 Å². The second kappa shape index (κ2) is 12.3. The van der Waals surface area contributed by atoms with Crippen LogP contribution in [0.5, 0.6) is 0 Å². The summed E-state index contributed by atoms with van der Waals surface area (Å²) in [7, 11) is 0. The zero-order valence-corrected chi connectivity index (χ0v) is 13.3. The predicted octanol–water partition coefficient (Wildman–Crippen LogP) is 6.23. The van der Waals surface area contributed by atoms with Gasteiger partial charge in [0.1, 0.15) is 0 Å². The highest BCUT2D eigenvalue weighted by atomic mass is 35.5. The zero-order chi connectivity index (χ0) is 16.9. The molecule has 0 aromatic rings. The van der Waals surface area contributed by atoms with Crippen LogP contribution >= 0.6 is 11.6 Å². The summed E-state index contributed by atoms with van der Waals surface area (Å²) < 4.78 is 66.9. The summed E-state index contributed by atoms with van der Waals surface area (Å²) in [6.07, 6.45) is 3.97. The first-order valence-electron chi connectivity index (χ1n) is 7.62. The first kappa shape index (κ1) is 21.9. The molecule has 0 spiro atoms. The summed E-state index contributed by atoms with van der Waals surface area (Å²) in [6.45, 7) is -0.316. The molecule has 0 saturated carbocycles. The van der Waals surface area contributed by atoms with Crippen LogP contribution in [-0.4, -0.2) is 25.1 Å². The number of rotatable bonds is 14. The molecular weight excluding hydrogens is 331 g/mol. The van der Waals surface area contributed by atoms with Crippen molar-refractivity contribution in [2.45, 2.75) is 76.1 Å². The Morgan fingerprint density at radius 3 is 1.18 bits per heavy atom. The Hall–Kier alpha value is -0.140. The molecule has 0 aliphatic heterocycles. The van der Waals surface area contributed by atoms with Crippen molar-refractivity contribution >= 4 is 11.6 Å². The van der Waals surface area contributed by atoms with E-state index in [1.807, 2.05) is 0 Å². The quantitative estimate of drug-likeness (QED) is 0.209. The first-order valence-corrected chi connectivity index (χ1v) is 8.00. The van der Waals surface area contributed by atoms with E-state index in [4.69, 9.17) is 0 Å². The van der Waals surface area contributed by atoms with Gasteiger partial charge in [-0.25, -0.2) is 0 Å². The maximum absolute atomic E-state index is 12.1. The van der Waals surface area contributed by atoms with Crippen molar-refractivity contribution in [3.63, 3.8) is 0 Å². The molecule has 2 nitrogen and oxygen atoms in total. The molecule has 0 heterocycles. The number of unbranched alkanes of at least 4 members (excludes halogenated alkanes) is 9. The van der Waals surface area contributed by atoms with Gasteiger partial charge in [-0.2, -0.15) is 8.78 Å². The van der Waals surface area contributed by atoms with Gasteiger partial charge in [0.05, 0.1) is 13.2 Å². The summed E-state index contributed by atoms with van der Waals surface area (Å²) in [4.78, 5) is 0. The van der Waals surface area contributed by atoms with Gasteiger partial charge in [0.25, 0.3) is 0 Å². The number of hydrogen-bond donors (Lipinski definition) is 0. The van der Waals surface area contributed by atoms with Gasteiger partial charge < -0.3 is 4.74 Å². The largest absolute Gasteiger partial charge is 0.522 e. The van der Waals surface area contributed by atoms with Crippen LogP contribution in [0.15, 0.2) is 0 Å². The van der Waals surface area contributed by atoms with Crippen LogP contribution in [0.25, 0.3) is 0 Å².